The minimum absolute atomic E-state index is 0.0183. The summed E-state index contributed by atoms with van der Waals surface area (Å²) >= 11 is 0. The number of aromatic nitrogens is 2. The minimum atomic E-state index is -0.280. The molecule has 0 bridgehead atoms. The molecule has 0 aliphatic rings. The fraction of sp³-hybridized carbons (Fsp3) is 0.261. The number of carbonyl (C=O) groups excluding carboxylic acids is 1. The summed E-state index contributed by atoms with van der Waals surface area (Å²) in [5, 5.41) is 6.20. The highest BCUT2D eigenvalue weighted by Gasteiger charge is 2.18. The molecule has 0 aliphatic carbocycles. The Bertz CT molecular complexity index is 991. The Labute approximate surface area is 172 Å². The summed E-state index contributed by atoms with van der Waals surface area (Å²) in [6.45, 7) is 6.48. The zero-order chi connectivity index (χ0) is 21.0. The molecule has 3 aromatic rings. The third-order valence-corrected chi connectivity index (χ3v) is 4.54. The highest BCUT2D eigenvalue weighted by Crippen LogP contribution is 2.30. The van der Waals surface area contributed by atoms with Crippen LogP contribution in [0.25, 0.3) is 0 Å². The summed E-state index contributed by atoms with van der Waals surface area (Å²) in [5.41, 5.74) is 4.19. The van der Waals surface area contributed by atoms with Crippen molar-refractivity contribution in [2.75, 3.05) is 29.6 Å². The van der Waals surface area contributed by atoms with E-state index in [1.165, 1.54) is 11.9 Å². The molecule has 0 saturated heterocycles. The van der Waals surface area contributed by atoms with Crippen molar-refractivity contribution in [2.24, 2.45) is 0 Å². The molecule has 0 atom stereocenters. The van der Waals surface area contributed by atoms with Gasteiger partial charge in [-0.25, -0.2) is 9.97 Å². The van der Waals surface area contributed by atoms with Gasteiger partial charge in [-0.2, -0.15) is 0 Å². The third kappa shape index (κ3) is 5.10. The summed E-state index contributed by atoms with van der Waals surface area (Å²) in [5.74, 6) is 0.293. The maximum absolute atomic E-state index is 12.6. The summed E-state index contributed by atoms with van der Waals surface area (Å²) in [4.78, 5) is 23.0. The Morgan fingerprint density at radius 3 is 2.31 bits per heavy atom. The van der Waals surface area contributed by atoms with Gasteiger partial charge in [0.15, 0.2) is 0 Å². The van der Waals surface area contributed by atoms with E-state index >= 15 is 0 Å². The van der Waals surface area contributed by atoms with E-state index < -0.39 is 0 Å². The number of nitrogens with one attached hydrogen (secondary N) is 2. The van der Waals surface area contributed by atoms with Gasteiger partial charge in [-0.15, -0.1) is 0 Å². The van der Waals surface area contributed by atoms with Gasteiger partial charge in [-0.05, 0) is 41.3 Å². The van der Waals surface area contributed by atoms with Crippen molar-refractivity contribution in [2.45, 2.75) is 26.2 Å². The van der Waals surface area contributed by atoms with Crippen LogP contribution in [0.15, 0.2) is 60.9 Å². The van der Waals surface area contributed by atoms with Crippen molar-refractivity contribution in [3.8, 4) is 0 Å². The molecule has 0 unspecified atom stereocenters. The van der Waals surface area contributed by atoms with Gasteiger partial charge in [0.05, 0.1) is 0 Å². The second-order valence-electron chi connectivity index (χ2n) is 8.10. The first-order chi connectivity index (χ1) is 13.7. The van der Waals surface area contributed by atoms with Crippen molar-refractivity contribution < 1.29 is 4.79 Å². The lowest BCUT2D eigenvalue weighted by molar-refractivity contribution is 0.102. The SMILES string of the molecule is CN(C)c1ccc(NC(=O)c2cc(Nc3ccccc3C(C)(C)C)ncn2)cc1. The highest BCUT2D eigenvalue weighted by molar-refractivity contribution is 6.03. The molecule has 6 heteroatoms. The van der Waals surface area contributed by atoms with Gasteiger partial charge in [0, 0.05) is 37.2 Å². The zero-order valence-electron chi connectivity index (χ0n) is 17.5. The molecule has 2 aromatic carbocycles. The van der Waals surface area contributed by atoms with Crippen molar-refractivity contribution in [1.29, 1.82) is 0 Å². The fourth-order valence-corrected chi connectivity index (χ4v) is 2.97. The van der Waals surface area contributed by atoms with Crippen LogP contribution in [0.2, 0.25) is 0 Å². The van der Waals surface area contributed by atoms with Crippen LogP contribution in [0.1, 0.15) is 36.8 Å². The standard InChI is InChI=1S/C23H27N5O/c1-23(2,3)18-8-6-7-9-19(18)27-21-14-20(24-15-25-21)22(29)26-16-10-12-17(13-11-16)28(4)5/h6-15H,1-5H3,(H,26,29)(H,24,25,27). The number of carbonyl (C=O) groups is 1. The number of rotatable bonds is 5. The Morgan fingerprint density at radius 1 is 0.966 bits per heavy atom. The predicted molar refractivity (Wildman–Crippen MR) is 119 cm³/mol. The van der Waals surface area contributed by atoms with E-state index in [4.69, 9.17) is 0 Å². The Hall–Kier alpha value is -3.41. The largest absolute Gasteiger partial charge is 0.378 e. The van der Waals surface area contributed by atoms with Gasteiger partial charge in [0.1, 0.15) is 17.8 Å². The Balaban J connectivity index is 1.77. The molecule has 0 spiro atoms. The molecule has 0 radical (unpaired) electrons. The van der Waals surface area contributed by atoms with E-state index in [1.807, 2.05) is 61.5 Å². The van der Waals surface area contributed by atoms with E-state index in [0.29, 0.717) is 17.2 Å². The van der Waals surface area contributed by atoms with Crippen molar-refractivity contribution >= 4 is 28.8 Å². The first-order valence-electron chi connectivity index (χ1n) is 9.51. The second-order valence-corrected chi connectivity index (χ2v) is 8.10. The molecule has 2 N–H and O–H groups in total. The average molecular weight is 390 g/mol. The van der Waals surface area contributed by atoms with Gasteiger partial charge in [0.2, 0.25) is 0 Å². The second kappa shape index (κ2) is 8.31. The molecule has 29 heavy (non-hydrogen) atoms. The monoisotopic (exact) mass is 389 g/mol. The normalized spacial score (nSPS) is 11.1. The number of hydrogen-bond donors (Lipinski definition) is 2. The molecule has 1 aromatic heterocycles. The average Bonchev–Trinajstić information content (AvgIpc) is 2.68. The van der Waals surface area contributed by atoms with E-state index in [9.17, 15) is 4.79 Å². The van der Waals surface area contributed by atoms with Crippen LogP contribution in [0.5, 0.6) is 0 Å². The maximum Gasteiger partial charge on any atom is 0.274 e. The first-order valence-corrected chi connectivity index (χ1v) is 9.51. The van der Waals surface area contributed by atoms with Crippen LogP contribution in [0.4, 0.5) is 22.9 Å². The van der Waals surface area contributed by atoms with Crippen LogP contribution in [-0.4, -0.2) is 30.0 Å². The third-order valence-electron chi connectivity index (χ3n) is 4.54. The number of benzene rings is 2. The predicted octanol–water partition coefficient (Wildman–Crippen LogP) is 4.84. The van der Waals surface area contributed by atoms with Gasteiger partial charge < -0.3 is 15.5 Å². The maximum atomic E-state index is 12.6. The molecule has 6 nitrogen and oxygen atoms in total. The summed E-state index contributed by atoms with van der Waals surface area (Å²) in [7, 11) is 3.95. The van der Waals surface area contributed by atoms with Crippen molar-refractivity contribution in [1.82, 2.24) is 9.97 Å². The molecule has 150 valence electrons. The highest BCUT2D eigenvalue weighted by atomic mass is 16.1. The number of para-hydroxylation sites is 1. The summed E-state index contributed by atoms with van der Waals surface area (Å²) < 4.78 is 0. The summed E-state index contributed by atoms with van der Waals surface area (Å²) in [6, 6.07) is 17.4. The summed E-state index contributed by atoms with van der Waals surface area (Å²) in [6.07, 6.45) is 1.39. The van der Waals surface area contributed by atoms with Crippen LogP contribution < -0.4 is 15.5 Å². The van der Waals surface area contributed by atoms with E-state index in [2.05, 4.69) is 47.4 Å². The fourth-order valence-electron chi connectivity index (χ4n) is 2.97. The van der Waals surface area contributed by atoms with Crippen molar-refractivity contribution in [3.05, 3.63) is 72.2 Å². The number of anilines is 4. The Kier molecular flexibility index (Phi) is 5.82. The van der Waals surface area contributed by atoms with Crippen molar-refractivity contribution in [3.63, 3.8) is 0 Å². The lowest BCUT2D eigenvalue weighted by Crippen LogP contribution is -2.16. The van der Waals surface area contributed by atoms with Gasteiger partial charge >= 0.3 is 0 Å². The van der Waals surface area contributed by atoms with Gasteiger partial charge in [-0.1, -0.05) is 39.0 Å². The molecule has 0 saturated carbocycles. The van der Waals surface area contributed by atoms with E-state index in [-0.39, 0.29) is 11.3 Å². The van der Waals surface area contributed by atoms with E-state index in [0.717, 1.165) is 11.4 Å². The number of hydrogen-bond acceptors (Lipinski definition) is 5. The smallest absolute Gasteiger partial charge is 0.274 e. The quantitative estimate of drug-likeness (QED) is 0.654. The molecule has 3 rings (SSSR count). The van der Waals surface area contributed by atoms with Crippen LogP contribution >= 0.6 is 0 Å². The number of nitrogens with zero attached hydrogens (tertiary/aromatic N) is 3. The van der Waals surface area contributed by atoms with Crippen LogP contribution in [-0.2, 0) is 5.41 Å². The minimum Gasteiger partial charge on any atom is -0.378 e. The molecular weight excluding hydrogens is 362 g/mol. The number of amides is 1. The molecule has 0 fully saturated rings. The lowest BCUT2D eigenvalue weighted by atomic mass is 9.86. The topological polar surface area (TPSA) is 70.2 Å². The van der Waals surface area contributed by atoms with Crippen LogP contribution in [0.3, 0.4) is 0 Å². The lowest BCUT2D eigenvalue weighted by Gasteiger charge is -2.23. The molecule has 1 amide bonds. The Morgan fingerprint density at radius 2 is 1.66 bits per heavy atom. The first kappa shape index (κ1) is 20.3. The molecule has 0 aliphatic heterocycles. The van der Waals surface area contributed by atoms with Gasteiger partial charge in [0.25, 0.3) is 5.91 Å². The van der Waals surface area contributed by atoms with Gasteiger partial charge in [-0.3, -0.25) is 4.79 Å². The van der Waals surface area contributed by atoms with Crippen LogP contribution in [0, 0.1) is 0 Å². The molecule has 1 heterocycles. The van der Waals surface area contributed by atoms with E-state index in [1.54, 1.807) is 6.07 Å². The zero-order valence-corrected chi connectivity index (χ0v) is 17.5. The molecular formula is C23H27N5O.